The zero-order valence-corrected chi connectivity index (χ0v) is 14.3. The number of piperidine rings is 1. The molecule has 0 bridgehead atoms. The van der Waals surface area contributed by atoms with Gasteiger partial charge in [0.2, 0.25) is 5.88 Å². The Morgan fingerprint density at radius 3 is 2.63 bits per heavy atom. The van der Waals surface area contributed by atoms with Crippen molar-refractivity contribution in [3.63, 3.8) is 0 Å². The van der Waals surface area contributed by atoms with Crippen molar-refractivity contribution in [2.24, 2.45) is 0 Å². The SMILES string of the molecule is O=C(NC1CCN(c2cccnn2)CC1)c1cccnc1OCC(F)(F)F. The van der Waals surface area contributed by atoms with Gasteiger partial charge in [-0.2, -0.15) is 18.3 Å². The van der Waals surface area contributed by atoms with Crippen molar-refractivity contribution in [3.05, 3.63) is 42.2 Å². The van der Waals surface area contributed by atoms with Crippen LogP contribution in [0.15, 0.2) is 36.7 Å². The summed E-state index contributed by atoms with van der Waals surface area (Å²) in [5, 5.41) is 10.8. The molecule has 0 aliphatic carbocycles. The minimum Gasteiger partial charge on any atom is -0.467 e. The van der Waals surface area contributed by atoms with E-state index < -0.39 is 18.7 Å². The van der Waals surface area contributed by atoms with E-state index in [0.29, 0.717) is 25.9 Å². The molecule has 10 heteroatoms. The third-order valence-corrected chi connectivity index (χ3v) is 4.10. The first-order valence-electron chi connectivity index (χ1n) is 8.40. The fourth-order valence-corrected chi connectivity index (χ4v) is 2.81. The molecule has 1 aliphatic heterocycles. The average molecular weight is 381 g/mol. The van der Waals surface area contributed by atoms with Crippen LogP contribution >= 0.6 is 0 Å². The van der Waals surface area contributed by atoms with Gasteiger partial charge in [-0.1, -0.05) is 0 Å². The third-order valence-electron chi connectivity index (χ3n) is 4.10. The maximum atomic E-state index is 12.5. The van der Waals surface area contributed by atoms with Gasteiger partial charge >= 0.3 is 6.18 Å². The van der Waals surface area contributed by atoms with Crippen molar-refractivity contribution in [1.82, 2.24) is 20.5 Å². The Balaban J connectivity index is 1.57. The van der Waals surface area contributed by atoms with Crippen LogP contribution in [0.2, 0.25) is 0 Å². The number of carbonyl (C=O) groups excluding carboxylic acids is 1. The molecule has 3 rings (SSSR count). The summed E-state index contributed by atoms with van der Waals surface area (Å²) >= 11 is 0. The second-order valence-electron chi connectivity index (χ2n) is 6.08. The number of nitrogens with one attached hydrogen (secondary N) is 1. The van der Waals surface area contributed by atoms with Crippen LogP contribution in [0.3, 0.4) is 0 Å². The number of ether oxygens (including phenoxy) is 1. The van der Waals surface area contributed by atoms with Gasteiger partial charge in [0.15, 0.2) is 12.4 Å². The van der Waals surface area contributed by atoms with E-state index in [9.17, 15) is 18.0 Å². The summed E-state index contributed by atoms with van der Waals surface area (Å²) in [4.78, 5) is 18.3. The molecule has 2 aromatic rings. The highest BCUT2D eigenvalue weighted by Crippen LogP contribution is 2.21. The normalized spacial score (nSPS) is 15.4. The lowest BCUT2D eigenvalue weighted by atomic mass is 10.0. The molecule has 144 valence electrons. The highest BCUT2D eigenvalue weighted by molar-refractivity contribution is 5.96. The van der Waals surface area contributed by atoms with E-state index in [1.54, 1.807) is 12.3 Å². The predicted molar refractivity (Wildman–Crippen MR) is 90.5 cm³/mol. The van der Waals surface area contributed by atoms with E-state index in [1.807, 2.05) is 6.07 Å². The zero-order valence-electron chi connectivity index (χ0n) is 14.3. The van der Waals surface area contributed by atoms with Crippen LogP contribution in [0.1, 0.15) is 23.2 Å². The van der Waals surface area contributed by atoms with Gasteiger partial charge in [-0.05, 0) is 37.1 Å². The summed E-state index contributed by atoms with van der Waals surface area (Å²) < 4.78 is 41.7. The number of rotatable bonds is 5. The van der Waals surface area contributed by atoms with Gasteiger partial charge in [0.1, 0.15) is 5.56 Å². The van der Waals surface area contributed by atoms with E-state index >= 15 is 0 Å². The number of nitrogens with zero attached hydrogens (tertiary/aromatic N) is 4. The average Bonchev–Trinajstić information content (AvgIpc) is 2.67. The van der Waals surface area contributed by atoms with Crippen molar-refractivity contribution in [2.45, 2.75) is 25.1 Å². The van der Waals surface area contributed by atoms with Crippen molar-refractivity contribution >= 4 is 11.7 Å². The van der Waals surface area contributed by atoms with Crippen LogP contribution in [-0.2, 0) is 0 Å². The minimum absolute atomic E-state index is 0.0156. The molecule has 0 spiro atoms. The molecule has 2 aromatic heterocycles. The van der Waals surface area contributed by atoms with Crippen LogP contribution in [0, 0.1) is 0 Å². The molecule has 7 nitrogen and oxygen atoms in total. The molecule has 1 aliphatic rings. The van der Waals surface area contributed by atoms with Gasteiger partial charge in [-0.15, -0.1) is 5.10 Å². The summed E-state index contributed by atoms with van der Waals surface area (Å²) in [6.07, 6.45) is -0.258. The molecule has 0 unspecified atom stereocenters. The predicted octanol–water partition coefficient (Wildman–Crippen LogP) is 2.21. The summed E-state index contributed by atoms with van der Waals surface area (Å²) in [7, 11) is 0. The number of alkyl halides is 3. The largest absolute Gasteiger partial charge is 0.467 e. The number of aromatic nitrogens is 3. The maximum Gasteiger partial charge on any atom is 0.422 e. The molecule has 1 N–H and O–H groups in total. The first-order valence-corrected chi connectivity index (χ1v) is 8.40. The maximum absolute atomic E-state index is 12.5. The first kappa shape index (κ1) is 18.9. The Labute approximate surface area is 153 Å². The Morgan fingerprint density at radius 2 is 1.96 bits per heavy atom. The Kier molecular flexibility index (Phi) is 5.72. The van der Waals surface area contributed by atoms with E-state index in [1.165, 1.54) is 18.3 Å². The van der Waals surface area contributed by atoms with Gasteiger partial charge in [-0.3, -0.25) is 4.79 Å². The van der Waals surface area contributed by atoms with Crippen molar-refractivity contribution in [2.75, 3.05) is 24.6 Å². The lowest BCUT2D eigenvalue weighted by Crippen LogP contribution is -2.45. The molecule has 1 saturated heterocycles. The van der Waals surface area contributed by atoms with Gasteiger partial charge in [0.25, 0.3) is 5.91 Å². The number of amides is 1. The lowest BCUT2D eigenvalue weighted by molar-refractivity contribution is -0.154. The van der Waals surface area contributed by atoms with Crippen molar-refractivity contribution < 1.29 is 22.7 Å². The van der Waals surface area contributed by atoms with E-state index in [0.717, 1.165) is 5.82 Å². The summed E-state index contributed by atoms with van der Waals surface area (Å²) in [6.45, 7) is -0.122. The van der Waals surface area contributed by atoms with Crippen LogP contribution in [0.5, 0.6) is 5.88 Å². The second kappa shape index (κ2) is 8.19. The van der Waals surface area contributed by atoms with Crippen LogP contribution < -0.4 is 15.0 Å². The van der Waals surface area contributed by atoms with Crippen LogP contribution in [-0.4, -0.2) is 53.0 Å². The molecule has 0 aromatic carbocycles. The van der Waals surface area contributed by atoms with Crippen molar-refractivity contribution in [3.8, 4) is 5.88 Å². The first-order chi connectivity index (χ1) is 12.9. The second-order valence-corrected chi connectivity index (χ2v) is 6.08. The fourth-order valence-electron chi connectivity index (χ4n) is 2.81. The molecule has 1 amide bonds. The fraction of sp³-hybridized carbons (Fsp3) is 0.412. The molecule has 1 fully saturated rings. The highest BCUT2D eigenvalue weighted by Gasteiger charge is 2.30. The van der Waals surface area contributed by atoms with E-state index in [4.69, 9.17) is 0 Å². The topological polar surface area (TPSA) is 80.2 Å². The van der Waals surface area contributed by atoms with Crippen LogP contribution in [0.25, 0.3) is 0 Å². The Morgan fingerprint density at radius 1 is 1.22 bits per heavy atom. The summed E-state index contributed by atoms with van der Waals surface area (Å²) in [6, 6.07) is 6.45. The highest BCUT2D eigenvalue weighted by atomic mass is 19.4. The molecule has 0 atom stereocenters. The van der Waals surface area contributed by atoms with Gasteiger partial charge in [-0.25, -0.2) is 4.98 Å². The number of anilines is 1. The Bertz CT molecular complexity index is 765. The van der Waals surface area contributed by atoms with Gasteiger partial charge in [0.05, 0.1) is 0 Å². The molecule has 27 heavy (non-hydrogen) atoms. The smallest absolute Gasteiger partial charge is 0.422 e. The monoisotopic (exact) mass is 381 g/mol. The van der Waals surface area contributed by atoms with Crippen molar-refractivity contribution in [1.29, 1.82) is 0 Å². The molecule has 0 radical (unpaired) electrons. The number of hydrogen-bond acceptors (Lipinski definition) is 6. The minimum atomic E-state index is -4.50. The van der Waals surface area contributed by atoms with Crippen LogP contribution in [0.4, 0.5) is 19.0 Å². The van der Waals surface area contributed by atoms with Gasteiger partial charge in [0, 0.05) is 31.5 Å². The summed E-state index contributed by atoms with van der Waals surface area (Å²) in [5.41, 5.74) is -0.0156. The summed E-state index contributed by atoms with van der Waals surface area (Å²) in [5.74, 6) is -0.0556. The van der Waals surface area contributed by atoms with E-state index in [2.05, 4.69) is 30.1 Å². The third kappa shape index (κ3) is 5.28. The Hall–Kier alpha value is -2.91. The van der Waals surface area contributed by atoms with E-state index in [-0.39, 0.29) is 17.5 Å². The molecule has 3 heterocycles. The molecular weight excluding hydrogens is 363 g/mol. The molecule has 0 saturated carbocycles. The number of hydrogen-bond donors (Lipinski definition) is 1. The molecular formula is C17H18F3N5O2. The number of halogens is 3. The standard InChI is InChI=1S/C17H18F3N5O2/c18-17(19,20)11-27-16-13(3-1-7-21-16)15(26)23-12-5-9-25(10-6-12)14-4-2-8-22-24-14/h1-4,7-8,12H,5-6,9-11H2,(H,23,26). The number of carbonyl (C=O) groups is 1. The zero-order chi connectivity index (χ0) is 19.3. The lowest BCUT2D eigenvalue weighted by Gasteiger charge is -2.32. The number of pyridine rings is 1. The van der Waals surface area contributed by atoms with Gasteiger partial charge < -0.3 is 15.0 Å². The quantitative estimate of drug-likeness (QED) is 0.856.